The number of hydrogen-bond acceptors (Lipinski definition) is 5. The number of fused-ring (bicyclic) bond motifs is 2. The minimum absolute atomic E-state index is 0.130. The molecule has 124 valence electrons. The molecule has 0 spiro atoms. The van der Waals surface area contributed by atoms with Gasteiger partial charge in [-0.1, -0.05) is 24.3 Å². The summed E-state index contributed by atoms with van der Waals surface area (Å²) in [5.41, 5.74) is 1.70. The summed E-state index contributed by atoms with van der Waals surface area (Å²) in [5, 5.41) is 0. The molecule has 5 heteroatoms. The van der Waals surface area contributed by atoms with Gasteiger partial charge in [-0.2, -0.15) is 0 Å². The molecular formula is C19H18O5. The van der Waals surface area contributed by atoms with E-state index >= 15 is 0 Å². The molecule has 2 aromatic carbocycles. The summed E-state index contributed by atoms with van der Waals surface area (Å²) in [4.78, 5) is 25.1. The molecule has 0 saturated carbocycles. The predicted octanol–water partition coefficient (Wildman–Crippen LogP) is 2.50. The van der Waals surface area contributed by atoms with Crippen LogP contribution in [0.4, 0.5) is 0 Å². The normalized spacial score (nSPS) is 12.7. The van der Waals surface area contributed by atoms with E-state index in [2.05, 4.69) is 0 Å². The van der Waals surface area contributed by atoms with Crippen LogP contribution in [0.25, 0.3) is 0 Å². The first-order valence-corrected chi connectivity index (χ1v) is 7.74. The zero-order valence-corrected chi connectivity index (χ0v) is 13.4. The Labute approximate surface area is 140 Å². The van der Waals surface area contributed by atoms with Crippen molar-refractivity contribution >= 4 is 11.6 Å². The van der Waals surface area contributed by atoms with Gasteiger partial charge in [-0.25, -0.2) is 0 Å². The standard InChI is InChI=1S/C19H18O5/c1-22-8-9-23-10-11-24-13-6-7-16-17(12-13)19(21)15-5-3-2-4-14(15)18(16)20/h2-7,12H,8-11H2,1H3. The molecule has 0 radical (unpaired) electrons. The fraction of sp³-hybridized carbons (Fsp3) is 0.263. The molecule has 0 unspecified atom stereocenters. The summed E-state index contributed by atoms with van der Waals surface area (Å²) in [6, 6.07) is 11.8. The van der Waals surface area contributed by atoms with E-state index in [0.717, 1.165) is 0 Å². The minimum atomic E-state index is -0.151. The third-order valence-electron chi connectivity index (χ3n) is 3.82. The largest absolute Gasteiger partial charge is 0.491 e. The summed E-state index contributed by atoms with van der Waals surface area (Å²) in [7, 11) is 1.61. The number of carbonyl (C=O) groups excluding carboxylic acids is 2. The molecule has 1 aliphatic carbocycles. The van der Waals surface area contributed by atoms with Gasteiger partial charge in [-0.15, -0.1) is 0 Å². The number of methoxy groups -OCH3 is 1. The van der Waals surface area contributed by atoms with E-state index in [9.17, 15) is 9.59 Å². The van der Waals surface area contributed by atoms with Crippen molar-refractivity contribution in [2.24, 2.45) is 0 Å². The second-order valence-electron chi connectivity index (χ2n) is 5.36. The molecule has 1 aliphatic rings. The Kier molecular flexibility index (Phi) is 5.03. The van der Waals surface area contributed by atoms with Crippen LogP contribution in [0.15, 0.2) is 42.5 Å². The van der Waals surface area contributed by atoms with Crippen molar-refractivity contribution in [1.82, 2.24) is 0 Å². The predicted molar refractivity (Wildman–Crippen MR) is 87.9 cm³/mol. The molecule has 0 aliphatic heterocycles. The van der Waals surface area contributed by atoms with Crippen molar-refractivity contribution in [2.75, 3.05) is 33.5 Å². The monoisotopic (exact) mass is 326 g/mol. The first-order valence-electron chi connectivity index (χ1n) is 7.74. The highest BCUT2D eigenvalue weighted by molar-refractivity contribution is 6.28. The van der Waals surface area contributed by atoms with Gasteiger partial charge in [0, 0.05) is 29.4 Å². The van der Waals surface area contributed by atoms with Gasteiger partial charge in [0.05, 0.1) is 19.8 Å². The van der Waals surface area contributed by atoms with Gasteiger partial charge in [0.1, 0.15) is 12.4 Å². The molecule has 0 amide bonds. The zero-order valence-electron chi connectivity index (χ0n) is 13.4. The molecule has 0 saturated heterocycles. The smallest absolute Gasteiger partial charge is 0.194 e. The second-order valence-corrected chi connectivity index (χ2v) is 5.36. The fourth-order valence-corrected chi connectivity index (χ4v) is 2.63. The maximum absolute atomic E-state index is 12.6. The Bertz CT molecular complexity index is 766. The molecular weight excluding hydrogens is 308 g/mol. The lowest BCUT2D eigenvalue weighted by molar-refractivity contribution is 0.0544. The van der Waals surface area contributed by atoms with E-state index in [-0.39, 0.29) is 11.6 Å². The van der Waals surface area contributed by atoms with Crippen LogP contribution in [0.1, 0.15) is 31.8 Å². The number of ketones is 2. The molecule has 0 atom stereocenters. The Morgan fingerprint density at radius 2 is 1.38 bits per heavy atom. The maximum atomic E-state index is 12.6. The van der Waals surface area contributed by atoms with Crippen molar-refractivity contribution in [2.45, 2.75) is 0 Å². The molecule has 0 fully saturated rings. The molecule has 0 heterocycles. The summed E-state index contributed by atoms with van der Waals surface area (Å²) >= 11 is 0. The average Bonchev–Trinajstić information content (AvgIpc) is 2.62. The van der Waals surface area contributed by atoms with Crippen LogP contribution in [0, 0.1) is 0 Å². The quantitative estimate of drug-likeness (QED) is 0.624. The van der Waals surface area contributed by atoms with E-state index in [0.29, 0.717) is 54.4 Å². The molecule has 0 aromatic heterocycles. The minimum Gasteiger partial charge on any atom is -0.491 e. The van der Waals surface area contributed by atoms with E-state index in [1.165, 1.54) is 0 Å². The van der Waals surface area contributed by atoms with Crippen LogP contribution >= 0.6 is 0 Å². The molecule has 5 nitrogen and oxygen atoms in total. The average molecular weight is 326 g/mol. The molecule has 24 heavy (non-hydrogen) atoms. The van der Waals surface area contributed by atoms with Gasteiger partial charge < -0.3 is 14.2 Å². The number of rotatable bonds is 7. The van der Waals surface area contributed by atoms with Crippen molar-refractivity contribution < 1.29 is 23.8 Å². The van der Waals surface area contributed by atoms with E-state index in [1.807, 2.05) is 0 Å². The van der Waals surface area contributed by atoms with Gasteiger partial charge in [-0.05, 0) is 18.2 Å². The van der Waals surface area contributed by atoms with Crippen molar-refractivity contribution in [3.8, 4) is 5.75 Å². The van der Waals surface area contributed by atoms with Crippen molar-refractivity contribution in [1.29, 1.82) is 0 Å². The highest BCUT2D eigenvalue weighted by Gasteiger charge is 2.29. The Morgan fingerprint density at radius 1 is 0.750 bits per heavy atom. The second kappa shape index (κ2) is 7.38. The van der Waals surface area contributed by atoms with E-state index < -0.39 is 0 Å². The lowest BCUT2D eigenvalue weighted by Gasteiger charge is -2.18. The maximum Gasteiger partial charge on any atom is 0.194 e. The number of hydrogen-bond donors (Lipinski definition) is 0. The number of ether oxygens (including phenoxy) is 3. The highest BCUT2D eigenvalue weighted by atomic mass is 16.5. The summed E-state index contributed by atoms with van der Waals surface area (Å²) in [6.07, 6.45) is 0. The first-order chi connectivity index (χ1) is 11.7. The lowest BCUT2D eigenvalue weighted by Crippen LogP contribution is -2.20. The SMILES string of the molecule is COCCOCCOc1ccc2c(c1)C(=O)c1ccccc1C2=O. The van der Waals surface area contributed by atoms with Gasteiger partial charge in [0.2, 0.25) is 0 Å². The topological polar surface area (TPSA) is 61.8 Å². The van der Waals surface area contributed by atoms with Crippen LogP contribution in [0.3, 0.4) is 0 Å². The summed E-state index contributed by atoms with van der Waals surface area (Å²) < 4.78 is 15.8. The molecule has 0 bridgehead atoms. The van der Waals surface area contributed by atoms with Crippen molar-refractivity contribution in [3.63, 3.8) is 0 Å². The van der Waals surface area contributed by atoms with Gasteiger partial charge in [0.25, 0.3) is 0 Å². The molecule has 0 N–H and O–H groups in total. The zero-order chi connectivity index (χ0) is 16.9. The Hall–Kier alpha value is -2.50. The van der Waals surface area contributed by atoms with Crippen LogP contribution in [-0.4, -0.2) is 45.1 Å². The summed E-state index contributed by atoms with van der Waals surface area (Å²) in [5.74, 6) is 0.265. The van der Waals surface area contributed by atoms with Crippen LogP contribution in [0.2, 0.25) is 0 Å². The van der Waals surface area contributed by atoms with Gasteiger partial charge in [-0.3, -0.25) is 9.59 Å². The highest BCUT2D eigenvalue weighted by Crippen LogP contribution is 2.29. The van der Waals surface area contributed by atoms with Crippen LogP contribution in [0.5, 0.6) is 5.75 Å². The lowest BCUT2D eigenvalue weighted by atomic mass is 9.84. The molecule has 2 aromatic rings. The summed E-state index contributed by atoms with van der Waals surface area (Å²) in [6.45, 7) is 1.83. The fourth-order valence-electron chi connectivity index (χ4n) is 2.63. The first kappa shape index (κ1) is 16.4. The third-order valence-corrected chi connectivity index (χ3v) is 3.82. The van der Waals surface area contributed by atoms with Crippen molar-refractivity contribution in [3.05, 3.63) is 64.7 Å². The number of carbonyl (C=O) groups is 2. The Balaban J connectivity index is 1.72. The molecule has 3 rings (SSSR count). The van der Waals surface area contributed by atoms with Gasteiger partial charge >= 0.3 is 0 Å². The van der Waals surface area contributed by atoms with Gasteiger partial charge in [0.15, 0.2) is 11.6 Å². The number of benzene rings is 2. The van der Waals surface area contributed by atoms with E-state index in [4.69, 9.17) is 14.2 Å². The van der Waals surface area contributed by atoms with E-state index in [1.54, 1.807) is 49.6 Å². The van der Waals surface area contributed by atoms with Crippen LogP contribution in [-0.2, 0) is 9.47 Å². The Morgan fingerprint density at radius 3 is 2.08 bits per heavy atom. The van der Waals surface area contributed by atoms with Crippen LogP contribution < -0.4 is 4.74 Å². The third kappa shape index (κ3) is 3.22.